The quantitative estimate of drug-likeness (QED) is 0.672. The summed E-state index contributed by atoms with van der Waals surface area (Å²) in [4.78, 5) is 14.7. The van der Waals surface area contributed by atoms with Crippen LogP contribution >= 0.6 is 0 Å². The second kappa shape index (κ2) is 5.48. The Morgan fingerprint density at radius 1 is 1.32 bits per heavy atom. The van der Waals surface area contributed by atoms with Crippen LogP contribution in [0.25, 0.3) is 0 Å². The molecule has 1 atom stereocenters. The minimum absolute atomic E-state index is 0.128. The number of nitrogens with zero attached hydrogens (tertiary/aromatic N) is 2. The second-order valence-corrected chi connectivity index (χ2v) is 4.43. The highest BCUT2D eigenvalue weighted by molar-refractivity contribution is 5.49. The van der Waals surface area contributed by atoms with Gasteiger partial charge >= 0.3 is 0 Å². The fourth-order valence-corrected chi connectivity index (χ4v) is 1.98. The Bertz CT molecular complexity index is 599. The van der Waals surface area contributed by atoms with E-state index < -0.39 is 0 Å². The molecule has 0 spiro atoms. The van der Waals surface area contributed by atoms with E-state index >= 15 is 0 Å². The van der Waals surface area contributed by atoms with Crippen molar-refractivity contribution in [3.63, 3.8) is 0 Å². The number of nitrogens with one attached hydrogen (secondary N) is 1. The lowest BCUT2D eigenvalue weighted by molar-refractivity contribution is -0.385. The highest BCUT2D eigenvalue weighted by Crippen LogP contribution is 2.27. The Balaban J connectivity index is 2.25. The maximum Gasteiger partial charge on any atom is 0.274 e. The molecule has 0 aliphatic rings. The Kier molecular flexibility index (Phi) is 3.75. The van der Waals surface area contributed by atoms with Crippen molar-refractivity contribution < 1.29 is 4.92 Å². The van der Waals surface area contributed by atoms with Gasteiger partial charge < -0.3 is 5.32 Å². The van der Waals surface area contributed by atoms with Gasteiger partial charge in [0.2, 0.25) is 0 Å². The highest BCUT2D eigenvalue weighted by Gasteiger charge is 2.17. The average Bonchev–Trinajstić information content (AvgIpc) is 2.38. The van der Waals surface area contributed by atoms with Crippen LogP contribution in [0.15, 0.2) is 42.7 Å². The van der Waals surface area contributed by atoms with Crippen LogP contribution in [-0.4, -0.2) is 9.91 Å². The van der Waals surface area contributed by atoms with E-state index in [-0.39, 0.29) is 16.7 Å². The molecule has 98 valence electrons. The molecule has 2 rings (SSSR count). The fourth-order valence-electron chi connectivity index (χ4n) is 1.98. The number of nitro benzene ring substituents is 1. The second-order valence-electron chi connectivity index (χ2n) is 4.43. The molecule has 0 bridgehead atoms. The molecule has 0 saturated heterocycles. The number of nitro groups is 1. The predicted octanol–water partition coefficient (Wildman–Crippen LogP) is 3.47. The molecule has 1 N–H and O–H groups in total. The van der Waals surface area contributed by atoms with Crippen molar-refractivity contribution in [2.75, 3.05) is 5.32 Å². The number of benzene rings is 1. The molecule has 5 nitrogen and oxygen atoms in total. The lowest BCUT2D eigenvalue weighted by atomic mass is 10.1. The zero-order chi connectivity index (χ0) is 13.8. The number of anilines is 1. The molecule has 0 amide bonds. The first-order chi connectivity index (χ1) is 9.08. The van der Waals surface area contributed by atoms with E-state index in [2.05, 4.69) is 10.3 Å². The summed E-state index contributed by atoms with van der Waals surface area (Å²) in [6.07, 6.45) is 3.47. The van der Waals surface area contributed by atoms with Gasteiger partial charge in [-0.1, -0.05) is 18.2 Å². The molecule has 1 aromatic heterocycles. The molecule has 2 aromatic rings. The van der Waals surface area contributed by atoms with Crippen LogP contribution in [-0.2, 0) is 0 Å². The van der Waals surface area contributed by atoms with Gasteiger partial charge in [0.25, 0.3) is 5.69 Å². The van der Waals surface area contributed by atoms with Gasteiger partial charge in [-0.2, -0.15) is 0 Å². The van der Waals surface area contributed by atoms with E-state index in [4.69, 9.17) is 0 Å². The first-order valence-corrected chi connectivity index (χ1v) is 5.99. The van der Waals surface area contributed by atoms with E-state index in [1.807, 2.05) is 19.9 Å². The first kappa shape index (κ1) is 13.0. The van der Waals surface area contributed by atoms with E-state index in [1.165, 1.54) is 6.07 Å². The molecule has 0 radical (unpaired) electrons. The molecular weight excluding hydrogens is 242 g/mol. The number of para-hydroxylation sites is 1. The summed E-state index contributed by atoms with van der Waals surface area (Å²) in [6, 6.07) is 8.54. The van der Waals surface area contributed by atoms with Crippen molar-refractivity contribution in [1.82, 2.24) is 4.98 Å². The molecule has 0 aliphatic carbocycles. The van der Waals surface area contributed by atoms with Gasteiger partial charge in [-0.25, -0.2) is 0 Å². The summed E-state index contributed by atoms with van der Waals surface area (Å²) >= 11 is 0. The Morgan fingerprint density at radius 2 is 2.05 bits per heavy atom. The minimum atomic E-state index is -0.359. The Labute approximate surface area is 111 Å². The molecule has 0 fully saturated rings. The van der Waals surface area contributed by atoms with Gasteiger partial charge in [-0.05, 0) is 25.5 Å². The summed E-state index contributed by atoms with van der Waals surface area (Å²) < 4.78 is 0. The maximum absolute atomic E-state index is 11.0. The molecule has 1 heterocycles. The fraction of sp³-hybridized carbons (Fsp3) is 0.214. The van der Waals surface area contributed by atoms with E-state index in [0.29, 0.717) is 5.56 Å². The third kappa shape index (κ3) is 3.07. The molecule has 5 heteroatoms. The van der Waals surface area contributed by atoms with Crippen LogP contribution in [0.1, 0.15) is 24.1 Å². The van der Waals surface area contributed by atoms with Crippen molar-refractivity contribution >= 4 is 11.4 Å². The lowest BCUT2D eigenvalue weighted by Gasteiger charge is -2.15. The smallest absolute Gasteiger partial charge is 0.274 e. The van der Waals surface area contributed by atoms with Gasteiger partial charge in [0.1, 0.15) is 0 Å². The molecule has 19 heavy (non-hydrogen) atoms. The van der Waals surface area contributed by atoms with Crippen molar-refractivity contribution in [2.24, 2.45) is 0 Å². The molecule has 1 unspecified atom stereocenters. The van der Waals surface area contributed by atoms with Crippen LogP contribution in [0.5, 0.6) is 0 Å². The van der Waals surface area contributed by atoms with Crippen LogP contribution < -0.4 is 5.32 Å². The number of aromatic nitrogens is 1. The number of hydrogen-bond acceptors (Lipinski definition) is 4. The zero-order valence-electron chi connectivity index (χ0n) is 10.8. The van der Waals surface area contributed by atoms with E-state index in [0.717, 1.165) is 11.3 Å². The number of hydrogen-bond donors (Lipinski definition) is 1. The normalized spacial score (nSPS) is 11.9. The minimum Gasteiger partial charge on any atom is -0.377 e. The zero-order valence-corrected chi connectivity index (χ0v) is 10.8. The van der Waals surface area contributed by atoms with Crippen molar-refractivity contribution in [3.8, 4) is 0 Å². The van der Waals surface area contributed by atoms with E-state index in [9.17, 15) is 10.1 Å². The Morgan fingerprint density at radius 3 is 2.74 bits per heavy atom. The topological polar surface area (TPSA) is 68.1 Å². The summed E-state index contributed by atoms with van der Waals surface area (Å²) in [7, 11) is 0. The van der Waals surface area contributed by atoms with Crippen LogP contribution in [0, 0.1) is 17.0 Å². The SMILES string of the molecule is Cc1cncc(NC(C)c2ccccc2[N+](=O)[O-])c1. The van der Waals surface area contributed by atoms with Crippen molar-refractivity contribution in [1.29, 1.82) is 0 Å². The van der Waals surface area contributed by atoms with E-state index in [1.54, 1.807) is 30.6 Å². The standard InChI is InChI=1S/C14H15N3O2/c1-10-7-12(9-15-8-10)16-11(2)13-5-3-4-6-14(13)17(18)19/h3-9,11,16H,1-2H3. The van der Waals surface area contributed by atoms with Gasteiger partial charge in [0, 0.05) is 18.5 Å². The van der Waals surface area contributed by atoms with Crippen molar-refractivity contribution in [2.45, 2.75) is 19.9 Å². The maximum atomic E-state index is 11.0. The van der Waals surface area contributed by atoms with Crippen LogP contribution in [0.4, 0.5) is 11.4 Å². The molecular formula is C14H15N3O2. The van der Waals surface area contributed by atoms with Gasteiger partial charge in [0.05, 0.1) is 22.2 Å². The summed E-state index contributed by atoms with van der Waals surface area (Å²) in [5, 5.41) is 14.2. The average molecular weight is 257 g/mol. The third-order valence-electron chi connectivity index (χ3n) is 2.86. The first-order valence-electron chi connectivity index (χ1n) is 5.99. The molecule has 0 saturated carbocycles. The summed E-state index contributed by atoms with van der Waals surface area (Å²) in [5.74, 6) is 0. The lowest BCUT2D eigenvalue weighted by Crippen LogP contribution is -2.09. The summed E-state index contributed by atoms with van der Waals surface area (Å²) in [5.41, 5.74) is 2.68. The highest BCUT2D eigenvalue weighted by atomic mass is 16.6. The number of aryl methyl sites for hydroxylation is 1. The Hall–Kier alpha value is -2.43. The monoisotopic (exact) mass is 257 g/mol. The molecule has 0 aliphatic heterocycles. The van der Waals surface area contributed by atoms with Crippen LogP contribution in [0.2, 0.25) is 0 Å². The summed E-state index contributed by atoms with van der Waals surface area (Å²) in [6.45, 7) is 3.85. The largest absolute Gasteiger partial charge is 0.377 e. The van der Waals surface area contributed by atoms with Crippen LogP contribution in [0.3, 0.4) is 0 Å². The number of rotatable bonds is 4. The molecule has 1 aromatic carbocycles. The number of pyridine rings is 1. The third-order valence-corrected chi connectivity index (χ3v) is 2.86. The van der Waals surface area contributed by atoms with Crippen molar-refractivity contribution in [3.05, 3.63) is 64.0 Å². The van der Waals surface area contributed by atoms with Gasteiger partial charge in [-0.15, -0.1) is 0 Å². The van der Waals surface area contributed by atoms with Gasteiger partial charge in [0.15, 0.2) is 0 Å². The van der Waals surface area contributed by atoms with Gasteiger partial charge in [-0.3, -0.25) is 15.1 Å². The predicted molar refractivity (Wildman–Crippen MR) is 74.1 cm³/mol.